The van der Waals surface area contributed by atoms with Gasteiger partial charge in [-0.3, -0.25) is 4.79 Å². The summed E-state index contributed by atoms with van der Waals surface area (Å²) in [5, 5.41) is 0. The van der Waals surface area contributed by atoms with E-state index in [0.29, 0.717) is 32.8 Å². The fraction of sp³-hybridized carbons (Fsp3) is 0.690. The molecule has 194 valence electrons. The lowest BCUT2D eigenvalue weighted by atomic mass is 10.1. The van der Waals surface area contributed by atoms with E-state index in [1.807, 2.05) is 30.3 Å². The molecule has 1 rings (SSSR count). The SMILES string of the molecule is C=Cc1ccc(OCCCCCCCCCCC(=O)OCCOCCOCCCCCC)cc1. The van der Waals surface area contributed by atoms with E-state index in [2.05, 4.69) is 13.5 Å². The van der Waals surface area contributed by atoms with Gasteiger partial charge in [-0.1, -0.05) is 89.5 Å². The van der Waals surface area contributed by atoms with Crippen LogP contribution in [-0.4, -0.2) is 45.6 Å². The van der Waals surface area contributed by atoms with Crippen LogP contribution in [0.2, 0.25) is 0 Å². The summed E-state index contributed by atoms with van der Waals surface area (Å²) in [5.41, 5.74) is 1.11. The highest BCUT2D eigenvalue weighted by Gasteiger charge is 2.03. The minimum atomic E-state index is -0.116. The zero-order valence-electron chi connectivity index (χ0n) is 21.6. The molecule has 34 heavy (non-hydrogen) atoms. The first-order valence-electron chi connectivity index (χ1n) is 13.4. The quantitative estimate of drug-likeness (QED) is 0.115. The maximum absolute atomic E-state index is 11.8. The molecule has 0 saturated heterocycles. The van der Waals surface area contributed by atoms with Crippen LogP contribution in [0.4, 0.5) is 0 Å². The minimum Gasteiger partial charge on any atom is -0.494 e. The molecule has 0 aliphatic heterocycles. The summed E-state index contributed by atoms with van der Waals surface area (Å²) in [7, 11) is 0. The summed E-state index contributed by atoms with van der Waals surface area (Å²) >= 11 is 0. The van der Waals surface area contributed by atoms with Gasteiger partial charge in [0.25, 0.3) is 0 Å². The Kier molecular flexibility index (Phi) is 20.3. The molecule has 0 amide bonds. The van der Waals surface area contributed by atoms with Gasteiger partial charge in [-0.25, -0.2) is 0 Å². The van der Waals surface area contributed by atoms with E-state index in [9.17, 15) is 4.79 Å². The number of hydrogen-bond donors (Lipinski definition) is 0. The zero-order valence-corrected chi connectivity index (χ0v) is 21.6. The van der Waals surface area contributed by atoms with Crippen molar-refractivity contribution in [2.75, 3.05) is 39.6 Å². The van der Waals surface area contributed by atoms with Gasteiger partial charge < -0.3 is 18.9 Å². The van der Waals surface area contributed by atoms with Gasteiger partial charge in [0, 0.05) is 13.0 Å². The van der Waals surface area contributed by atoms with Gasteiger partial charge in [0.2, 0.25) is 0 Å². The van der Waals surface area contributed by atoms with Crippen LogP contribution in [0.3, 0.4) is 0 Å². The van der Waals surface area contributed by atoms with Crippen molar-refractivity contribution in [3.05, 3.63) is 36.4 Å². The highest BCUT2D eigenvalue weighted by molar-refractivity contribution is 5.69. The Morgan fingerprint density at radius 1 is 0.706 bits per heavy atom. The second kappa shape index (κ2) is 22.9. The fourth-order valence-electron chi connectivity index (χ4n) is 3.56. The molecular weight excluding hydrogens is 428 g/mol. The Hall–Kier alpha value is -1.85. The first-order valence-corrected chi connectivity index (χ1v) is 13.4. The largest absolute Gasteiger partial charge is 0.494 e. The van der Waals surface area contributed by atoms with E-state index in [-0.39, 0.29) is 5.97 Å². The van der Waals surface area contributed by atoms with Crippen LogP contribution in [0.1, 0.15) is 96.0 Å². The molecule has 0 bridgehead atoms. The zero-order chi connectivity index (χ0) is 24.5. The average molecular weight is 477 g/mol. The second-order valence-corrected chi connectivity index (χ2v) is 8.71. The van der Waals surface area contributed by atoms with Gasteiger partial charge in [0.15, 0.2) is 0 Å². The molecule has 5 nitrogen and oxygen atoms in total. The van der Waals surface area contributed by atoms with Crippen LogP contribution in [0.25, 0.3) is 6.08 Å². The molecule has 0 fully saturated rings. The Bertz CT molecular complexity index is 599. The van der Waals surface area contributed by atoms with Gasteiger partial charge in [-0.15, -0.1) is 0 Å². The number of carbonyl (C=O) groups excluding carboxylic acids is 1. The van der Waals surface area contributed by atoms with Crippen LogP contribution >= 0.6 is 0 Å². The van der Waals surface area contributed by atoms with E-state index >= 15 is 0 Å². The summed E-state index contributed by atoms with van der Waals surface area (Å²) in [6.45, 7) is 9.48. The number of carbonyl (C=O) groups is 1. The van der Waals surface area contributed by atoms with Crippen molar-refractivity contribution in [2.45, 2.75) is 90.4 Å². The molecular formula is C29H48O5. The van der Waals surface area contributed by atoms with Crippen molar-refractivity contribution in [3.63, 3.8) is 0 Å². The van der Waals surface area contributed by atoms with Crippen molar-refractivity contribution >= 4 is 12.0 Å². The van der Waals surface area contributed by atoms with Crippen molar-refractivity contribution in [3.8, 4) is 5.75 Å². The predicted molar refractivity (Wildman–Crippen MR) is 140 cm³/mol. The standard InChI is InChI=1S/C29H48O5/c1-3-5-6-14-21-31-23-24-32-25-26-34-29(30)16-13-11-9-7-8-10-12-15-22-33-28-19-17-27(4-2)18-20-28/h4,17-20H,2-3,5-16,21-26H2,1H3. The van der Waals surface area contributed by atoms with Crippen molar-refractivity contribution in [2.24, 2.45) is 0 Å². The Balaban J connectivity index is 1.77. The lowest BCUT2D eigenvalue weighted by molar-refractivity contribution is -0.145. The number of hydrogen-bond acceptors (Lipinski definition) is 5. The number of ether oxygens (including phenoxy) is 4. The maximum atomic E-state index is 11.8. The Morgan fingerprint density at radius 2 is 1.26 bits per heavy atom. The second-order valence-electron chi connectivity index (χ2n) is 8.71. The summed E-state index contributed by atoms with van der Waals surface area (Å²) in [5.74, 6) is 0.810. The van der Waals surface area contributed by atoms with E-state index < -0.39 is 0 Å². The molecule has 0 atom stereocenters. The van der Waals surface area contributed by atoms with Crippen LogP contribution in [0.15, 0.2) is 30.8 Å². The maximum Gasteiger partial charge on any atom is 0.305 e. The van der Waals surface area contributed by atoms with Gasteiger partial charge in [-0.2, -0.15) is 0 Å². The minimum absolute atomic E-state index is 0.116. The van der Waals surface area contributed by atoms with Crippen molar-refractivity contribution in [1.82, 2.24) is 0 Å². The first-order chi connectivity index (χ1) is 16.8. The third kappa shape index (κ3) is 18.6. The van der Waals surface area contributed by atoms with E-state index in [1.165, 1.54) is 51.4 Å². The van der Waals surface area contributed by atoms with Gasteiger partial charge in [0.1, 0.15) is 12.4 Å². The summed E-state index contributed by atoms with van der Waals surface area (Å²) in [6, 6.07) is 8.03. The summed E-state index contributed by atoms with van der Waals surface area (Å²) < 4.78 is 21.9. The molecule has 0 saturated carbocycles. The molecule has 0 radical (unpaired) electrons. The summed E-state index contributed by atoms with van der Waals surface area (Å²) in [4.78, 5) is 11.8. The van der Waals surface area contributed by atoms with Crippen LogP contribution in [0, 0.1) is 0 Å². The smallest absolute Gasteiger partial charge is 0.305 e. The summed E-state index contributed by atoms with van der Waals surface area (Å²) in [6.07, 6.45) is 16.4. The van der Waals surface area contributed by atoms with E-state index in [4.69, 9.17) is 18.9 Å². The third-order valence-electron chi connectivity index (χ3n) is 5.66. The van der Waals surface area contributed by atoms with E-state index in [0.717, 1.165) is 50.2 Å². The van der Waals surface area contributed by atoms with Crippen LogP contribution in [0.5, 0.6) is 5.75 Å². The van der Waals surface area contributed by atoms with E-state index in [1.54, 1.807) is 0 Å². The topological polar surface area (TPSA) is 54.0 Å². The molecule has 0 spiro atoms. The molecule has 0 aliphatic carbocycles. The number of benzene rings is 1. The van der Waals surface area contributed by atoms with Gasteiger partial charge >= 0.3 is 5.97 Å². The fourth-order valence-corrected chi connectivity index (χ4v) is 3.56. The molecule has 5 heteroatoms. The van der Waals surface area contributed by atoms with Gasteiger partial charge in [-0.05, 0) is 37.0 Å². The highest BCUT2D eigenvalue weighted by Crippen LogP contribution is 2.14. The van der Waals surface area contributed by atoms with Crippen LogP contribution in [-0.2, 0) is 19.0 Å². The van der Waals surface area contributed by atoms with Crippen molar-refractivity contribution < 1.29 is 23.7 Å². The monoisotopic (exact) mass is 476 g/mol. The highest BCUT2D eigenvalue weighted by atomic mass is 16.6. The molecule has 1 aromatic carbocycles. The normalized spacial score (nSPS) is 10.9. The predicted octanol–water partition coefficient (Wildman–Crippen LogP) is 7.38. The number of unbranched alkanes of at least 4 members (excludes halogenated alkanes) is 10. The molecule has 0 heterocycles. The molecule has 0 unspecified atom stereocenters. The lowest BCUT2D eigenvalue weighted by Gasteiger charge is -2.07. The molecule has 1 aromatic rings. The third-order valence-corrected chi connectivity index (χ3v) is 5.66. The molecule has 0 N–H and O–H groups in total. The molecule has 0 aromatic heterocycles. The van der Waals surface area contributed by atoms with Crippen molar-refractivity contribution in [1.29, 1.82) is 0 Å². The molecule has 0 aliphatic rings. The number of esters is 1. The Morgan fingerprint density at radius 3 is 1.94 bits per heavy atom. The number of rotatable bonds is 24. The van der Waals surface area contributed by atoms with Gasteiger partial charge in [0.05, 0.1) is 26.4 Å². The first kappa shape index (κ1) is 30.2. The van der Waals surface area contributed by atoms with Crippen LogP contribution < -0.4 is 4.74 Å². The average Bonchev–Trinajstić information content (AvgIpc) is 2.86. The Labute approximate surface area is 208 Å². The lowest BCUT2D eigenvalue weighted by Crippen LogP contribution is -2.13.